The lowest BCUT2D eigenvalue weighted by Crippen LogP contribution is -2.22. The molecule has 1 atom stereocenters. The second-order valence-electron chi connectivity index (χ2n) is 6.47. The van der Waals surface area contributed by atoms with Gasteiger partial charge in [0.1, 0.15) is 5.92 Å². The molecule has 1 amide bonds. The number of benzene rings is 2. The van der Waals surface area contributed by atoms with Crippen LogP contribution < -0.4 is 0 Å². The van der Waals surface area contributed by atoms with Gasteiger partial charge >= 0.3 is 6.18 Å². The van der Waals surface area contributed by atoms with Crippen LogP contribution in [0.2, 0.25) is 5.02 Å². The highest BCUT2D eigenvalue weighted by atomic mass is 35.5. The molecule has 3 aromatic rings. The molecule has 0 saturated carbocycles. The standard InChI is InChI=1S/C20H16ClF3N4O/c1-28(2)11-25-19(29)16(12-7-9-13(21)10-8-12)17-18(20(22,23)24)27-15-6-4-3-5-14(15)26-17/h3-11,16H,1-2H3/t16-/m0/s1. The Morgan fingerprint density at radius 1 is 1.07 bits per heavy atom. The number of halogens is 4. The topological polar surface area (TPSA) is 58.5 Å². The number of carbonyl (C=O) groups excluding carboxylic acids is 1. The number of aliphatic imine (C=N–C) groups is 1. The molecule has 5 nitrogen and oxygen atoms in total. The van der Waals surface area contributed by atoms with Crippen molar-refractivity contribution in [2.45, 2.75) is 12.1 Å². The molecule has 0 saturated heterocycles. The van der Waals surface area contributed by atoms with Gasteiger partial charge in [0.25, 0.3) is 5.91 Å². The van der Waals surface area contributed by atoms with Crippen molar-refractivity contribution in [1.82, 2.24) is 14.9 Å². The minimum Gasteiger partial charge on any atom is -0.369 e. The quantitative estimate of drug-likeness (QED) is 0.459. The summed E-state index contributed by atoms with van der Waals surface area (Å²) in [5, 5.41) is 0.386. The maximum atomic E-state index is 13.8. The van der Waals surface area contributed by atoms with Crippen LogP contribution in [0.3, 0.4) is 0 Å². The number of fused-ring (bicyclic) bond motifs is 1. The number of aromatic nitrogens is 2. The minimum absolute atomic E-state index is 0.0858. The van der Waals surface area contributed by atoms with Crippen molar-refractivity contribution in [2.75, 3.05) is 14.1 Å². The summed E-state index contributed by atoms with van der Waals surface area (Å²) in [6.07, 6.45) is -3.57. The van der Waals surface area contributed by atoms with Gasteiger partial charge in [-0.2, -0.15) is 13.2 Å². The van der Waals surface area contributed by atoms with E-state index in [1.807, 2.05) is 0 Å². The first-order valence-corrected chi connectivity index (χ1v) is 8.88. The van der Waals surface area contributed by atoms with Gasteiger partial charge in [-0.05, 0) is 29.8 Å². The molecule has 0 aliphatic heterocycles. The summed E-state index contributed by atoms with van der Waals surface area (Å²) in [6, 6.07) is 12.1. The highest BCUT2D eigenvalue weighted by Gasteiger charge is 2.41. The lowest BCUT2D eigenvalue weighted by Gasteiger charge is -2.19. The molecule has 3 rings (SSSR count). The molecule has 0 N–H and O–H groups in total. The van der Waals surface area contributed by atoms with Gasteiger partial charge in [0.2, 0.25) is 0 Å². The molecule has 0 aliphatic carbocycles. The average Bonchev–Trinajstić information content (AvgIpc) is 2.66. The number of para-hydroxylation sites is 2. The Labute approximate surface area is 169 Å². The molecule has 29 heavy (non-hydrogen) atoms. The zero-order chi connectivity index (χ0) is 21.2. The molecular weight excluding hydrogens is 405 g/mol. The average molecular weight is 421 g/mol. The Morgan fingerprint density at radius 2 is 1.66 bits per heavy atom. The van der Waals surface area contributed by atoms with E-state index in [0.717, 1.165) is 0 Å². The number of amides is 1. The van der Waals surface area contributed by atoms with Crippen molar-refractivity contribution in [3.8, 4) is 0 Å². The number of rotatable bonds is 4. The number of alkyl halides is 3. The van der Waals surface area contributed by atoms with E-state index in [2.05, 4.69) is 15.0 Å². The SMILES string of the molecule is CN(C)C=NC(=O)[C@@H](c1ccc(Cl)cc1)c1nc2ccccc2nc1C(F)(F)F. The van der Waals surface area contributed by atoms with Crippen LogP contribution in [-0.2, 0) is 11.0 Å². The van der Waals surface area contributed by atoms with Gasteiger partial charge in [-0.15, -0.1) is 0 Å². The van der Waals surface area contributed by atoms with Crippen molar-refractivity contribution in [1.29, 1.82) is 0 Å². The summed E-state index contributed by atoms with van der Waals surface area (Å²) in [5.41, 5.74) is -1.10. The summed E-state index contributed by atoms with van der Waals surface area (Å²) < 4.78 is 41.4. The van der Waals surface area contributed by atoms with Crippen LogP contribution in [0.4, 0.5) is 13.2 Å². The number of nitrogens with zero attached hydrogens (tertiary/aromatic N) is 4. The predicted octanol–water partition coefficient (Wildman–Crippen LogP) is 4.55. The predicted molar refractivity (Wildman–Crippen MR) is 105 cm³/mol. The van der Waals surface area contributed by atoms with E-state index in [-0.39, 0.29) is 16.6 Å². The maximum Gasteiger partial charge on any atom is 0.435 e. The second kappa shape index (κ2) is 8.16. The van der Waals surface area contributed by atoms with Crippen LogP contribution in [0.25, 0.3) is 11.0 Å². The smallest absolute Gasteiger partial charge is 0.369 e. The summed E-state index contributed by atoms with van der Waals surface area (Å²) in [6.45, 7) is 0. The normalized spacial score (nSPS) is 13.0. The van der Waals surface area contributed by atoms with Crippen LogP contribution in [0.15, 0.2) is 53.5 Å². The fraction of sp³-hybridized carbons (Fsp3) is 0.200. The van der Waals surface area contributed by atoms with Crippen LogP contribution in [-0.4, -0.2) is 41.2 Å². The van der Waals surface area contributed by atoms with Gasteiger partial charge in [-0.1, -0.05) is 35.9 Å². The fourth-order valence-corrected chi connectivity index (χ4v) is 2.87. The van der Waals surface area contributed by atoms with Gasteiger partial charge in [-0.25, -0.2) is 15.0 Å². The van der Waals surface area contributed by atoms with Crippen molar-refractivity contribution >= 4 is 34.9 Å². The van der Waals surface area contributed by atoms with Gasteiger partial charge < -0.3 is 4.90 Å². The van der Waals surface area contributed by atoms with E-state index in [1.165, 1.54) is 41.6 Å². The molecule has 1 heterocycles. The van der Waals surface area contributed by atoms with E-state index in [1.54, 1.807) is 32.3 Å². The van der Waals surface area contributed by atoms with Gasteiger partial charge in [-0.3, -0.25) is 4.79 Å². The highest BCUT2D eigenvalue weighted by Crippen LogP contribution is 2.37. The second-order valence-corrected chi connectivity index (χ2v) is 6.91. The van der Waals surface area contributed by atoms with E-state index in [9.17, 15) is 18.0 Å². The van der Waals surface area contributed by atoms with Crippen molar-refractivity contribution in [3.05, 3.63) is 70.5 Å². The first kappa shape index (κ1) is 20.7. The Balaban J connectivity index is 2.27. The van der Waals surface area contributed by atoms with Crippen LogP contribution >= 0.6 is 11.6 Å². The Kier molecular flexibility index (Phi) is 5.83. The summed E-state index contributed by atoms with van der Waals surface area (Å²) in [5.74, 6) is -2.19. The molecule has 9 heteroatoms. The molecule has 1 aromatic heterocycles. The monoisotopic (exact) mass is 420 g/mol. The molecule has 150 valence electrons. The van der Waals surface area contributed by atoms with Gasteiger partial charge in [0.05, 0.1) is 23.1 Å². The van der Waals surface area contributed by atoms with Crippen molar-refractivity contribution in [3.63, 3.8) is 0 Å². The lowest BCUT2D eigenvalue weighted by atomic mass is 9.92. The molecule has 0 unspecified atom stereocenters. The minimum atomic E-state index is -4.80. The summed E-state index contributed by atoms with van der Waals surface area (Å²) in [4.78, 5) is 26.1. The Hall–Kier alpha value is -3.00. The van der Waals surface area contributed by atoms with Crippen LogP contribution in [0, 0.1) is 0 Å². The first-order chi connectivity index (χ1) is 13.7. The molecule has 2 aromatic carbocycles. The number of carbonyl (C=O) groups is 1. The Morgan fingerprint density at radius 3 is 2.21 bits per heavy atom. The van der Waals surface area contributed by atoms with Crippen molar-refractivity contribution in [2.24, 2.45) is 4.99 Å². The van der Waals surface area contributed by atoms with Crippen molar-refractivity contribution < 1.29 is 18.0 Å². The molecule has 0 spiro atoms. The van der Waals surface area contributed by atoms with Crippen LogP contribution in [0.1, 0.15) is 22.9 Å². The summed E-state index contributed by atoms with van der Waals surface area (Å²) >= 11 is 5.90. The van der Waals surface area contributed by atoms with E-state index >= 15 is 0 Å². The number of hydrogen-bond donors (Lipinski definition) is 0. The van der Waals surface area contributed by atoms with Crippen LogP contribution in [0.5, 0.6) is 0 Å². The third-order valence-electron chi connectivity index (χ3n) is 4.01. The zero-order valence-electron chi connectivity index (χ0n) is 15.5. The molecule has 0 fully saturated rings. The zero-order valence-corrected chi connectivity index (χ0v) is 16.2. The first-order valence-electron chi connectivity index (χ1n) is 8.50. The van der Waals surface area contributed by atoms with E-state index < -0.39 is 29.4 Å². The van der Waals surface area contributed by atoms with E-state index in [4.69, 9.17) is 11.6 Å². The third kappa shape index (κ3) is 4.71. The molecule has 0 aliphatic rings. The summed E-state index contributed by atoms with van der Waals surface area (Å²) in [7, 11) is 3.29. The third-order valence-corrected chi connectivity index (χ3v) is 4.26. The highest BCUT2D eigenvalue weighted by molar-refractivity contribution is 6.30. The Bertz CT molecular complexity index is 1070. The fourth-order valence-electron chi connectivity index (χ4n) is 2.74. The molecular formula is C20H16ClF3N4O. The van der Waals surface area contributed by atoms with E-state index in [0.29, 0.717) is 5.02 Å². The molecule has 0 radical (unpaired) electrons. The van der Waals surface area contributed by atoms with Gasteiger partial charge in [0, 0.05) is 19.1 Å². The lowest BCUT2D eigenvalue weighted by molar-refractivity contribution is -0.142. The van der Waals surface area contributed by atoms with Gasteiger partial charge in [0.15, 0.2) is 5.69 Å². The molecule has 0 bridgehead atoms. The largest absolute Gasteiger partial charge is 0.435 e. The number of hydrogen-bond acceptors (Lipinski definition) is 3. The maximum absolute atomic E-state index is 13.8.